The van der Waals surface area contributed by atoms with Gasteiger partial charge in [0.1, 0.15) is 11.6 Å². The van der Waals surface area contributed by atoms with Gasteiger partial charge in [-0.15, -0.1) is 0 Å². The van der Waals surface area contributed by atoms with E-state index >= 15 is 0 Å². The van der Waals surface area contributed by atoms with Gasteiger partial charge in [0.2, 0.25) is 0 Å². The van der Waals surface area contributed by atoms with Crippen molar-refractivity contribution in [2.24, 2.45) is 7.05 Å². The van der Waals surface area contributed by atoms with Crippen molar-refractivity contribution in [1.29, 1.82) is 0 Å². The standard InChI is InChI=1S/C23H23N5O2S/c1-27-13-11-24-23(27)31-15-18-9-10-20(30-18)22(29)25-17-7-5-16(6-8-17)19-14-28-12-3-2-4-21(28)26-19/h5-11,13-14H,2-4,12,15H2,1H3,(H,25,29). The molecule has 0 aliphatic carbocycles. The Bertz CT molecular complexity index is 1180. The number of benzene rings is 1. The fourth-order valence-electron chi connectivity index (χ4n) is 3.67. The Morgan fingerprint density at radius 1 is 1.19 bits per heavy atom. The fraction of sp³-hybridized carbons (Fsp3) is 0.261. The molecule has 0 fully saturated rings. The normalized spacial score (nSPS) is 13.2. The van der Waals surface area contributed by atoms with E-state index in [4.69, 9.17) is 9.40 Å². The highest BCUT2D eigenvalue weighted by atomic mass is 32.2. The molecular weight excluding hydrogens is 410 g/mol. The van der Waals surface area contributed by atoms with E-state index in [1.807, 2.05) is 48.1 Å². The Balaban J connectivity index is 1.21. The zero-order chi connectivity index (χ0) is 21.2. The minimum Gasteiger partial charge on any atom is -0.455 e. The smallest absolute Gasteiger partial charge is 0.291 e. The minimum absolute atomic E-state index is 0.265. The molecule has 0 saturated carbocycles. The number of furan rings is 1. The van der Waals surface area contributed by atoms with Gasteiger partial charge >= 0.3 is 0 Å². The Morgan fingerprint density at radius 2 is 2.06 bits per heavy atom. The summed E-state index contributed by atoms with van der Waals surface area (Å²) in [6, 6.07) is 11.3. The third-order valence-corrected chi connectivity index (χ3v) is 6.43. The molecule has 1 aliphatic rings. The molecule has 31 heavy (non-hydrogen) atoms. The average Bonchev–Trinajstić information content (AvgIpc) is 3.52. The van der Waals surface area contributed by atoms with E-state index in [1.54, 1.807) is 24.0 Å². The summed E-state index contributed by atoms with van der Waals surface area (Å²) in [5.41, 5.74) is 2.75. The summed E-state index contributed by atoms with van der Waals surface area (Å²) in [6.07, 6.45) is 9.24. The lowest BCUT2D eigenvalue weighted by atomic mass is 10.1. The Labute approximate surface area is 184 Å². The molecule has 7 nitrogen and oxygen atoms in total. The van der Waals surface area contributed by atoms with Gasteiger partial charge in [-0.05, 0) is 37.1 Å². The minimum atomic E-state index is -0.265. The molecule has 0 atom stereocenters. The molecule has 1 amide bonds. The van der Waals surface area contributed by atoms with Gasteiger partial charge in [-0.3, -0.25) is 4.79 Å². The number of aromatic nitrogens is 4. The summed E-state index contributed by atoms with van der Waals surface area (Å²) >= 11 is 1.56. The van der Waals surface area contributed by atoms with Crippen molar-refractivity contribution >= 4 is 23.4 Å². The van der Waals surface area contributed by atoms with Gasteiger partial charge in [0.25, 0.3) is 5.91 Å². The van der Waals surface area contributed by atoms with E-state index in [0.717, 1.165) is 46.7 Å². The quantitative estimate of drug-likeness (QED) is 0.444. The summed E-state index contributed by atoms with van der Waals surface area (Å²) in [4.78, 5) is 21.6. The number of fused-ring (bicyclic) bond motifs is 1. The van der Waals surface area contributed by atoms with Gasteiger partial charge in [-0.1, -0.05) is 23.9 Å². The Kier molecular flexibility index (Phi) is 5.38. The molecule has 0 spiro atoms. The first-order chi connectivity index (χ1) is 15.2. The van der Waals surface area contributed by atoms with Crippen molar-refractivity contribution in [3.05, 3.63) is 72.3 Å². The molecule has 1 aliphatic heterocycles. The maximum Gasteiger partial charge on any atom is 0.291 e. The van der Waals surface area contributed by atoms with Crippen molar-refractivity contribution in [3.8, 4) is 11.3 Å². The number of rotatable bonds is 6. The zero-order valence-corrected chi connectivity index (χ0v) is 18.1. The molecule has 4 aromatic rings. The molecule has 1 aromatic carbocycles. The van der Waals surface area contributed by atoms with Crippen LogP contribution in [-0.2, 0) is 25.8 Å². The van der Waals surface area contributed by atoms with E-state index in [0.29, 0.717) is 11.5 Å². The van der Waals surface area contributed by atoms with Crippen LogP contribution in [0.15, 0.2) is 64.6 Å². The van der Waals surface area contributed by atoms with Crippen LogP contribution in [0.2, 0.25) is 0 Å². The second-order valence-electron chi connectivity index (χ2n) is 7.60. The average molecular weight is 434 g/mol. The largest absolute Gasteiger partial charge is 0.455 e. The van der Waals surface area contributed by atoms with Crippen molar-refractivity contribution < 1.29 is 9.21 Å². The molecule has 0 bridgehead atoms. The number of anilines is 1. The van der Waals surface area contributed by atoms with Gasteiger partial charge in [-0.2, -0.15) is 0 Å². The van der Waals surface area contributed by atoms with Crippen molar-refractivity contribution in [1.82, 2.24) is 19.1 Å². The molecule has 3 aromatic heterocycles. The second kappa shape index (κ2) is 8.47. The van der Waals surface area contributed by atoms with E-state index in [-0.39, 0.29) is 5.91 Å². The number of nitrogens with zero attached hydrogens (tertiary/aromatic N) is 4. The number of hydrogen-bond donors (Lipinski definition) is 1. The van der Waals surface area contributed by atoms with Crippen molar-refractivity contribution in [3.63, 3.8) is 0 Å². The van der Waals surface area contributed by atoms with Gasteiger partial charge in [-0.25, -0.2) is 9.97 Å². The van der Waals surface area contributed by atoms with Crippen LogP contribution < -0.4 is 5.32 Å². The molecule has 0 unspecified atom stereocenters. The third kappa shape index (κ3) is 4.29. The van der Waals surface area contributed by atoms with Gasteiger partial charge in [0, 0.05) is 49.9 Å². The number of carbonyl (C=O) groups excluding carboxylic acids is 1. The van der Waals surface area contributed by atoms with E-state index < -0.39 is 0 Å². The van der Waals surface area contributed by atoms with Crippen LogP contribution in [0.3, 0.4) is 0 Å². The second-order valence-corrected chi connectivity index (χ2v) is 8.54. The molecule has 5 rings (SSSR count). The highest BCUT2D eigenvalue weighted by Crippen LogP contribution is 2.25. The van der Waals surface area contributed by atoms with Gasteiger partial charge in [0.15, 0.2) is 10.9 Å². The number of hydrogen-bond acceptors (Lipinski definition) is 5. The number of aryl methyl sites for hydroxylation is 3. The van der Waals surface area contributed by atoms with Gasteiger partial charge in [0.05, 0.1) is 11.4 Å². The lowest BCUT2D eigenvalue weighted by Crippen LogP contribution is -2.10. The monoisotopic (exact) mass is 433 g/mol. The first kappa shape index (κ1) is 19.7. The third-order valence-electron chi connectivity index (χ3n) is 5.35. The highest BCUT2D eigenvalue weighted by Gasteiger charge is 2.15. The van der Waals surface area contributed by atoms with Crippen LogP contribution in [0.5, 0.6) is 0 Å². The van der Waals surface area contributed by atoms with Crippen LogP contribution in [0.4, 0.5) is 5.69 Å². The molecule has 4 heterocycles. The number of carbonyl (C=O) groups is 1. The molecular formula is C23H23N5O2S. The predicted molar refractivity (Wildman–Crippen MR) is 120 cm³/mol. The van der Waals surface area contributed by atoms with Crippen molar-refractivity contribution in [2.45, 2.75) is 36.7 Å². The SMILES string of the molecule is Cn1ccnc1SCc1ccc(C(=O)Nc2ccc(-c3cn4c(n3)CCCC4)cc2)o1. The topological polar surface area (TPSA) is 77.9 Å². The molecule has 0 radical (unpaired) electrons. The summed E-state index contributed by atoms with van der Waals surface area (Å²) in [5, 5.41) is 3.80. The van der Waals surface area contributed by atoms with Gasteiger partial charge < -0.3 is 18.9 Å². The van der Waals surface area contributed by atoms with E-state index in [2.05, 4.69) is 21.1 Å². The number of amides is 1. The summed E-state index contributed by atoms with van der Waals surface area (Å²) < 4.78 is 9.91. The molecule has 8 heteroatoms. The van der Waals surface area contributed by atoms with Crippen LogP contribution in [0, 0.1) is 0 Å². The number of thioether (sulfide) groups is 1. The summed E-state index contributed by atoms with van der Waals surface area (Å²) in [7, 11) is 1.95. The van der Waals surface area contributed by atoms with Crippen LogP contribution in [0.25, 0.3) is 11.3 Å². The zero-order valence-electron chi connectivity index (χ0n) is 17.2. The van der Waals surface area contributed by atoms with Crippen LogP contribution in [-0.4, -0.2) is 25.0 Å². The lowest BCUT2D eigenvalue weighted by molar-refractivity contribution is 0.0995. The Morgan fingerprint density at radius 3 is 2.84 bits per heavy atom. The fourth-order valence-corrected chi connectivity index (χ4v) is 4.50. The maximum absolute atomic E-state index is 12.6. The first-order valence-electron chi connectivity index (χ1n) is 10.3. The number of imidazole rings is 2. The highest BCUT2D eigenvalue weighted by molar-refractivity contribution is 7.98. The molecule has 1 N–H and O–H groups in total. The Hall–Kier alpha value is -3.26. The first-order valence-corrected chi connectivity index (χ1v) is 11.3. The maximum atomic E-state index is 12.6. The summed E-state index contributed by atoms with van der Waals surface area (Å²) in [6.45, 7) is 1.04. The predicted octanol–water partition coefficient (Wildman–Crippen LogP) is 4.76. The van der Waals surface area contributed by atoms with E-state index in [1.165, 1.54) is 12.8 Å². The lowest BCUT2D eigenvalue weighted by Gasteiger charge is -2.11. The van der Waals surface area contributed by atoms with Crippen LogP contribution in [0.1, 0.15) is 35.0 Å². The molecule has 158 valence electrons. The molecule has 0 saturated heterocycles. The van der Waals surface area contributed by atoms with E-state index in [9.17, 15) is 4.79 Å². The van der Waals surface area contributed by atoms with Crippen LogP contribution >= 0.6 is 11.8 Å². The number of nitrogens with one attached hydrogen (secondary N) is 1. The van der Waals surface area contributed by atoms with Crippen molar-refractivity contribution in [2.75, 3.05) is 5.32 Å². The summed E-state index contributed by atoms with van der Waals surface area (Å²) in [5.74, 6) is 2.53.